The van der Waals surface area contributed by atoms with Crippen molar-refractivity contribution in [2.75, 3.05) is 44.4 Å². The summed E-state index contributed by atoms with van der Waals surface area (Å²) in [6.07, 6.45) is 0. The molecule has 4 heterocycles. The maximum atomic E-state index is 13.9. The lowest BCUT2D eigenvalue weighted by molar-refractivity contribution is -0.137. The predicted molar refractivity (Wildman–Crippen MR) is 154 cm³/mol. The molecule has 3 amide bonds. The van der Waals surface area contributed by atoms with E-state index in [2.05, 4.69) is 4.98 Å². The van der Waals surface area contributed by atoms with Crippen LogP contribution in [0, 0.1) is 5.92 Å². The number of morpholine rings is 1. The molecule has 6 rings (SSSR count). The average Bonchev–Trinajstić information content (AvgIpc) is 3.50. The summed E-state index contributed by atoms with van der Waals surface area (Å²) in [5, 5.41) is -0.166. The van der Waals surface area contributed by atoms with Crippen LogP contribution in [0.1, 0.15) is 33.6 Å². The zero-order valence-corrected chi connectivity index (χ0v) is 24.2. The highest BCUT2D eigenvalue weighted by Crippen LogP contribution is 2.53. The Labute approximate surface area is 248 Å². The molecule has 2 fully saturated rings. The van der Waals surface area contributed by atoms with Crippen LogP contribution in [-0.4, -0.2) is 78.3 Å². The normalized spacial score (nSPS) is 21.6. The fraction of sp³-hybridized carbons (Fsp3) is 0.345. The number of hydrogen-bond donors (Lipinski definition) is 1. The lowest BCUT2D eigenvalue weighted by Crippen LogP contribution is -2.42. The van der Waals surface area contributed by atoms with Gasteiger partial charge in [0.1, 0.15) is 11.0 Å². The van der Waals surface area contributed by atoms with E-state index in [1.165, 1.54) is 23.9 Å². The van der Waals surface area contributed by atoms with Crippen molar-refractivity contribution in [3.63, 3.8) is 0 Å². The van der Waals surface area contributed by atoms with Gasteiger partial charge in [0.2, 0.25) is 11.8 Å². The Morgan fingerprint density at radius 1 is 1.00 bits per heavy atom. The number of nitrogens with zero attached hydrogens (tertiary/aromatic N) is 2. The molecular weight excluding hydrogens is 582 g/mol. The number of thiazole rings is 1. The quantitative estimate of drug-likeness (QED) is 0.317. The van der Waals surface area contributed by atoms with Gasteiger partial charge in [-0.1, -0.05) is 35.2 Å². The molecular formula is C29H27N3O8S2. The van der Waals surface area contributed by atoms with Crippen LogP contribution in [0.5, 0.6) is 5.75 Å². The van der Waals surface area contributed by atoms with Gasteiger partial charge in [0, 0.05) is 23.9 Å². The number of aromatic amines is 1. The number of rotatable bonds is 7. The summed E-state index contributed by atoms with van der Waals surface area (Å²) in [6.45, 7) is 3.92. The van der Waals surface area contributed by atoms with E-state index in [9.17, 15) is 24.0 Å². The van der Waals surface area contributed by atoms with E-state index < -0.39 is 23.1 Å². The van der Waals surface area contributed by atoms with Gasteiger partial charge in [0.15, 0.2) is 6.61 Å². The van der Waals surface area contributed by atoms with Crippen LogP contribution >= 0.6 is 23.1 Å². The lowest BCUT2D eigenvalue weighted by atomic mass is 9.83. The number of aromatic nitrogens is 1. The molecule has 3 atom stereocenters. The van der Waals surface area contributed by atoms with Crippen LogP contribution < -0.4 is 14.5 Å². The minimum Gasteiger partial charge on any atom is -0.484 e. The highest BCUT2D eigenvalue weighted by Gasteiger charge is 2.56. The summed E-state index contributed by atoms with van der Waals surface area (Å²) in [4.78, 5) is 70.5. The molecule has 0 aliphatic carbocycles. The number of carbonyl (C=O) groups excluding carboxylic acids is 4. The van der Waals surface area contributed by atoms with Gasteiger partial charge in [0.05, 0.1) is 42.0 Å². The van der Waals surface area contributed by atoms with Gasteiger partial charge in [0.25, 0.3) is 5.91 Å². The van der Waals surface area contributed by atoms with Crippen molar-refractivity contribution in [3.05, 3.63) is 74.2 Å². The largest absolute Gasteiger partial charge is 0.484 e. The number of thioether (sulfide) groups is 1. The van der Waals surface area contributed by atoms with E-state index in [1.54, 1.807) is 48.2 Å². The number of H-pyrrole nitrogens is 1. The van der Waals surface area contributed by atoms with E-state index in [4.69, 9.17) is 14.2 Å². The maximum Gasteiger partial charge on any atom is 0.338 e. The van der Waals surface area contributed by atoms with E-state index in [0.717, 1.165) is 21.8 Å². The zero-order chi connectivity index (χ0) is 29.4. The summed E-state index contributed by atoms with van der Waals surface area (Å²) in [6, 6.07) is 13.2. The molecule has 0 saturated carbocycles. The number of benzene rings is 2. The minimum atomic E-state index is -0.749. The van der Waals surface area contributed by atoms with E-state index in [-0.39, 0.29) is 35.8 Å². The van der Waals surface area contributed by atoms with Crippen molar-refractivity contribution < 1.29 is 33.4 Å². The number of nitrogens with one attached hydrogen (secondary N) is 1. The van der Waals surface area contributed by atoms with Crippen LogP contribution in [0.4, 0.5) is 5.69 Å². The first-order valence-corrected chi connectivity index (χ1v) is 15.2. The Balaban J connectivity index is 1.25. The minimum absolute atomic E-state index is 0.107. The molecule has 1 aromatic heterocycles. The van der Waals surface area contributed by atoms with Crippen molar-refractivity contribution in [3.8, 4) is 5.75 Å². The number of carbonyl (C=O) groups is 4. The van der Waals surface area contributed by atoms with Gasteiger partial charge >= 0.3 is 10.8 Å². The molecule has 0 bridgehead atoms. The van der Waals surface area contributed by atoms with Crippen LogP contribution in [0.25, 0.3) is 0 Å². The lowest BCUT2D eigenvalue weighted by Gasteiger charge is -2.30. The summed E-state index contributed by atoms with van der Waals surface area (Å²) in [7, 11) is 0. The first kappa shape index (κ1) is 28.2. The van der Waals surface area contributed by atoms with Crippen molar-refractivity contribution in [1.82, 2.24) is 9.88 Å². The number of imide groups is 1. The third-order valence-corrected chi connectivity index (χ3v) is 9.83. The molecule has 3 aromatic rings. The second-order valence-corrected chi connectivity index (χ2v) is 12.0. The number of esters is 1. The maximum absolute atomic E-state index is 13.9. The molecule has 11 nitrogen and oxygen atoms in total. The third-order valence-electron chi connectivity index (χ3n) is 7.43. The Hall–Kier alpha value is -3.94. The van der Waals surface area contributed by atoms with Crippen molar-refractivity contribution in [2.45, 2.75) is 23.1 Å². The molecule has 2 aromatic carbocycles. The second-order valence-electron chi connectivity index (χ2n) is 9.88. The van der Waals surface area contributed by atoms with Gasteiger partial charge in [-0.15, -0.1) is 0 Å². The van der Waals surface area contributed by atoms with Gasteiger partial charge in [-0.3, -0.25) is 19.2 Å². The van der Waals surface area contributed by atoms with Gasteiger partial charge < -0.3 is 24.1 Å². The topological polar surface area (TPSA) is 135 Å². The summed E-state index contributed by atoms with van der Waals surface area (Å²) in [5.41, 5.74) is 1.42. The first-order valence-electron chi connectivity index (χ1n) is 13.5. The molecule has 0 spiro atoms. The molecule has 0 radical (unpaired) electrons. The zero-order valence-electron chi connectivity index (χ0n) is 22.6. The molecule has 218 valence electrons. The third kappa shape index (κ3) is 5.23. The smallest absolute Gasteiger partial charge is 0.338 e. The predicted octanol–water partition coefficient (Wildman–Crippen LogP) is 2.65. The molecule has 3 aliphatic heterocycles. The summed E-state index contributed by atoms with van der Waals surface area (Å²) in [5.74, 6) is -2.18. The Morgan fingerprint density at radius 3 is 2.40 bits per heavy atom. The number of ether oxygens (including phenoxy) is 3. The number of amides is 3. The fourth-order valence-corrected chi connectivity index (χ4v) is 7.93. The SMILES string of the molecule is CCOC(=O)c1ccc(N2C(=O)C3Sc4[nH]c(=O)sc4[C@H](c4ccc(OCC(=O)N5CCOCC5)cc4)C3C2=O)cc1. The van der Waals surface area contributed by atoms with E-state index in [1.807, 2.05) is 0 Å². The Kier molecular flexibility index (Phi) is 7.88. The second kappa shape index (κ2) is 11.7. The van der Waals surface area contributed by atoms with Crippen LogP contribution in [0.3, 0.4) is 0 Å². The molecule has 2 unspecified atom stereocenters. The summed E-state index contributed by atoms with van der Waals surface area (Å²) >= 11 is 2.22. The highest BCUT2D eigenvalue weighted by atomic mass is 32.2. The van der Waals surface area contributed by atoms with Gasteiger partial charge in [-0.25, -0.2) is 9.69 Å². The van der Waals surface area contributed by atoms with Crippen molar-refractivity contribution >= 4 is 52.5 Å². The number of hydrogen-bond acceptors (Lipinski definition) is 10. The van der Waals surface area contributed by atoms with Crippen LogP contribution in [0.15, 0.2) is 58.4 Å². The van der Waals surface area contributed by atoms with Crippen molar-refractivity contribution in [2.24, 2.45) is 5.92 Å². The molecule has 1 N–H and O–H groups in total. The van der Waals surface area contributed by atoms with Gasteiger partial charge in [-0.05, 0) is 48.9 Å². The highest BCUT2D eigenvalue weighted by molar-refractivity contribution is 8.00. The molecule has 13 heteroatoms. The fourth-order valence-electron chi connectivity index (χ4n) is 5.41. The van der Waals surface area contributed by atoms with Gasteiger partial charge in [-0.2, -0.15) is 0 Å². The Morgan fingerprint density at radius 2 is 1.71 bits per heavy atom. The Bertz CT molecular complexity index is 1580. The van der Waals surface area contributed by atoms with E-state index >= 15 is 0 Å². The van der Waals surface area contributed by atoms with Crippen LogP contribution in [-0.2, 0) is 23.9 Å². The molecule has 3 aliphatic rings. The molecule has 42 heavy (non-hydrogen) atoms. The van der Waals surface area contributed by atoms with Crippen molar-refractivity contribution in [1.29, 1.82) is 0 Å². The van der Waals surface area contributed by atoms with Crippen LogP contribution in [0.2, 0.25) is 0 Å². The monoisotopic (exact) mass is 609 g/mol. The standard InChI is InChI=1S/C29H27N3O8S2/c1-2-39-28(36)17-3-7-18(8-4-17)32-26(34)22-21(23-25(30-29(37)42-23)41-24(22)27(32)35)16-5-9-19(10-6-16)40-15-20(33)31-11-13-38-14-12-31/h3-10,21-22,24H,2,11-15H2,1H3,(H,30,37)/t21-,22?,24?/m1/s1. The summed E-state index contributed by atoms with van der Waals surface area (Å²) < 4.78 is 16.0. The number of anilines is 1. The number of fused-ring (bicyclic) bond motifs is 2. The molecule has 2 saturated heterocycles. The average molecular weight is 610 g/mol. The van der Waals surface area contributed by atoms with E-state index in [0.29, 0.717) is 53.2 Å². The first-order chi connectivity index (χ1) is 20.4.